The number of benzene rings is 2. The fourth-order valence-corrected chi connectivity index (χ4v) is 4.49. The molecule has 3 N–H and O–H groups in total. The molecule has 2 aliphatic rings. The van der Waals surface area contributed by atoms with E-state index >= 15 is 0 Å². The summed E-state index contributed by atoms with van der Waals surface area (Å²) in [4.78, 5) is 27.6. The normalized spacial score (nSPS) is 20.6. The zero-order valence-corrected chi connectivity index (χ0v) is 17.0. The smallest absolute Gasteiger partial charge is 0.281 e. The van der Waals surface area contributed by atoms with Crippen molar-refractivity contribution in [3.8, 4) is 0 Å². The van der Waals surface area contributed by atoms with Crippen molar-refractivity contribution < 1.29 is 14.9 Å². The molecule has 29 heavy (non-hydrogen) atoms. The van der Waals surface area contributed by atoms with Gasteiger partial charge in [0, 0.05) is 31.0 Å². The Labute approximate surface area is 172 Å². The first-order valence-corrected chi connectivity index (χ1v) is 10.7. The van der Waals surface area contributed by atoms with E-state index in [-0.39, 0.29) is 29.8 Å². The summed E-state index contributed by atoms with van der Waals surface area (Å²) in [6, 6.07) is 18.4. The molecule has 4 rings (SSSR count). The van der Waals surface area contributed by atoms with Crippen molar-refractivity contribution in [2.45, 2.75) is 44.8 Å². The molecule has 2 aromatic rings. The Kier molecular flexibility index (Phi) is 5.95. The first kappa shape index (κ1) is 19.6. The van der Waals surface area contributed by atoms with Gasteiger partial charge < -0.3 is 15.5 Å². The molecule has 0 aliphatic carbocycles. The van der Waals surface area contributed by atoms with Gasteiger partial charge in [0.05, 0.1) is 6.04 Å². The van der Waals surface area contributed by atoms with E-state index in [1.807, 2.05) is 48.2 Å². The lowest BCUT2D eigenvalue weighted by Gasteiger charge is -2.34. The summed E-state index contributed by atoms with van der Waals surface area (Å²) in [7, 11) is 0. The zero-order chi connectivity index (χ0) is 20.2. The SMILES string of the molecule is C[C@@H](NC(=O)C1CCN(C(=O)[C@@H]2Cc3ccccc3C[NH2+]2)CC1)c1ccccc1. The van der Waals surface area contributed by atoms with Crippen LogP contribution in [0.3, 0.4) is 0 Å². The number of amides is 2. The standard InChI is InChI=1S/C24H29N3O2/c1-17(18-7-3-2-4-8-18)26-23(28)19-11-13-27(14-12-19)24(29)22-15-20-9-5-6-10-21(20)16-25-22/h2-10,17,19,22,25H,11-16H2,1H3,(H,26,28)/p+1/t17-,22+/m1/s1. The summed E-state index contributed by atoms with van der Waals surface area (Å²) in [5, 5.41) is 5.29. The summed E-state index contributed by atoms with van der Waals surface area (Å²) >= 11 is 0. The first-order chi connectivity index (χ1) is 14.1. The number of nitrogens with two attached hydrogens (primary N) is 1. The monoisotopic (exact) mass is 392 g/mol. The van der Waals surface area contributed by atoms with Crippen LogP contribution >= 0.6 is 0 Å². The number of fused-ring (bicyclic) bond motifs is 1. The minimum atomic E-state index is -0.0339. The summed E-state index contributed by atoms with van der Waals surface area (Å²) in [5.74, 6) is 0.309. The quantitative estimate of drug-likeness (QED) is 0.833. The third-order valence-electron chi connectivity index (χ3n) is 6.33. The molecule has 0 spiro atoms. The Balaban J connectivity index is 1.28. The van der Waals surface area contributed by atoms with Crippen LogP contribution < -0.4 is 10.6 Å². The molecule has 0 aromatic heterocycles. The van der Waals surface area contributed by atoms with Crippen molar-refractivity contribution in [3.05, 3.63) is 71.3 Å². The van der Waals surface area contributed by atoms with Gasteiger partial charge in [0.2, 0.25) is 5.91 Å². The highest BCUT2D eigenvalue weighted by Crippen LogP contribution is 2.21. The summed E-state index contributed by atoms with van der Waals surface area (Å²) in [5.41, 5.74) is 3.73. The Bertz CT molecular complexity index is 859. The van der Waals surface area contributed by atoms with Crippen molar-refractivity contribution in [1.82, 2.24) is 10.2 Å². The minimum Gasteiger partial charge on any atom is -0.349 e. The maximum absolute atomic E-state index is 13.0. The largest absolute Gasteiger partial charge is 0.349 e. The second-order valence-electron chi connectivity index (χ2n) is 8.26. The van der Waals surface area contributed by atoms with Crippen molar-refractivity contribution >= 4 is 11.8 Å². The van der Waals surface area contributed by atoms with Gasteiger partial charge >= 0.3 is 0 Å². The third-order valence-corrected chi connectivity index (χ3v) is 6.33. The van der Waals surface area contributed by atoms with Crippen molar-refractivity contribution in [3.63, 3.8) is 0 Å². The fourth-order valence-electron chi connectivity index (χ4n) is 4.49. The molecule has 2 heterocycles. The molecule has 1 fully saturated rings. The van der Waals surface area contributed by atoms with Gasteiger partial charge in [0.25, 0.3) is 5.91 Å². The second kappa shape index (κ2) is 8.78. The van der Waals surface area contributed by atoms with Crippen LogP contribution in [0.4, 0.5) is 0 Å². The highest BCUT2D eigenvalue weighted by molar-refractivity contribution is 5.82. The molecule has 5 nitrogen and oxygen atoms in total. The zero-order valence-electron chi connectivity index (χ0n) is 17.0. The average molecular weight is 393 g/mol. The Morgan fingerprint density at radius 2 is 1.66 bits per heavy atom. The molecular formula is C24H30N3O2+. The fraction of sp³-hybridized carbons (Fsp3) is 0.417. The van der Waals surface area contributed by atoms with Crippen molar-refractivity contribution in [2.24, 2.45) is 5.92 Å². The molecule has 2 amide bonds. The number of carbonyl (C=O) groups excluding carboxylic acids is 2. The molecule has 2 atom stereocenters. The van der Waals surface area contributed by atoms with E-state index in [1.54, 1.807) is 0 Å². The number of carbonyl (C=O) groups is 2. The van der Waals surface area contributed by atoms with Gasteiger partial charge in [-0.2, -0.15) is 0 Å². The number of nitrogens with one attached hydrogen (secondary N) is 1. The molecule has 1 saturated heterocycles. The van der Waals surface area contributed by atoms with Crippen LogP contribution in [0.15, 0.2) is 54.6 Å². The van der Waals surface area contributed by atoms with Gasteiger partial charge in [-0.3, -0.25) is 9.59 Å². The van der Waals surface area contributed by atoms with E-state index in [0.29, 0.717) is 13.1 Å². The van der Waals surface area contributed by atoms with Gasteiger partial charge in [-0.05, 0) is 30.9 Å². The minimum absolute atomic E-state index is 0.000249. The Morgan fingerprint density at radius 3 is 2.38 bits per heavy atom. The summed E-state index contributed by atoms with van der Waals surface area (Å²) in [6.07, 6.45) is 2.27. The Morgan fingerprint density at radius 1 is 1.00 bits per heavy atom. The molecule has 0 unspecified atom stereocenters. The predicted molar refractivity (Wildman–Crippen MR) is 112 cm³/mol. The molecule has 0 bridgehead atoms. The second-order valence-corrected chi connectivity index (χ2v) is 8.26. The predicted octanol–water partition coefficient (Wildman–Crippen LogP) is 1.79. The molecule has 152 valence electrons. The van der Waals surface area contributed by atoms with E-state index in [4.69, 9.17) is 0 Å². The van der Waals surface area contributed by atoms with Crippen LogP contribution in [0.2, 0.25) is 0 Å². The van der Waals surface area contributed by atoms with Gasteiger partial charge in [-0.1, -0.05) is 54.6 Å². The lowest BCUT2D eigenvalue weighted by molar-refractivity contribution is -0.695. The molecule has 0 saturated carbocycles. The van der Waals surface area contributed by atoms with Crippen molar-refractivity contribution in [2.75, 3.05) is 13.1 Å². The highest BCUT2D eigenvalue weighted by Gasteiger charge is 2.34. The Hall–Kier alpha value is -2.66. The molecule has 5 heteroatoms. The molecular weight excluding hydrogens is 362 g/mol. The number of hydrogen-bond acceptors (Lipinski definition) is 2. The van der Waals surface area contributed by atoms with E-state index in [1.165, 1.54) is 11.1 Å². The topological polar surface area (TPSA) is 66.0 Å². The summed E-state index contributed by atoms with van der Waals surface area (Å²) in [6.45, 7) is 4.22. The first-order valence-electron chi connectivity index (χ1n) is 10.7. The molecule has 2 aromatic carbocycles. The number of hydrogen-bond donors (Lipinski definition) is 2. The van der Waals surface area contributed by atoms with Crippen LogP contribution in [0.25, 0.3) is 0 Å². The highest BCUT2D eigenvalue weighted by atomic mass is 16.2. The van der Waals surface area contributed by atoms with Crippen LogP contribution in [0.1, 0.15) is 42.5 Å². The number of quaternary nitrogens is 1. The van der Waals surface area contributed by atoms with Crippen LogP contribution in [0.5, 0.6) is 0 Å². The average Bonchev–Trinajstić information content (AvgIpc) is 2.79. The lowest BCUT2D eigenvalue weighted by Crippen LogP contribution is -2.93. The maximum atomic E-state index is 13.0. The summed E-state index contributed by atoms with van der Waals surface area (Å²) < 4.78 is 0. The van der Waals surface area contributed by atoms with E-state index in [0.717, 1.165) is 31.4 Å². The van der Waals surface area contributed by atoms with Crippen LogP contribution in [0, 0.1) is 5.92 Å². The van der Waals surface area contributed by atoms with E-state index < -0.39 is 0 Å². The van der Waals surface area contributed by atoms with Gasteiger partial charge in [-0.15, -0.1) is 0 Å². The molecule has 2 aliphatic heterocycles. The van der Waals surface area contributed by atoms with Gasteiger partial charge in [0.1, 0.15) is 6.54 Å². The van der Waals surface area contributed by atoms with Crippen LogP contribution in [-0.4, -0.2) is 35.8 Å². The third kappa shape index (κ3) is 4.51. The maximum Gasteiger partial charge on any atom is 0.281 e. The van der Waals surface area contributed by atoms with Crippen LogP contribution in [-0.2, 0) is 22.6 Å². The van der Waals surface area contributed by atoms with Gasteiger partial charge in [-0.25, -0.2) is 0 Å². The number of piperidine rings is 1. The van der Waals surface area contributed by atoms with E-state index in [2.05, 4.69) is 28.8 Å². The van der Waals surface area contributed by atoms with Gasteiger partial charge in [0.15, 0.2) is 6.04 Å². The lowest BCUT2D eigenvalue weighted by atomic mass is 9.92. The number of rotatable bonds is 4. The molecule has 0 radical (unpaired) electrons. The number of nitrogens with zero attached hydrogens (tertiary/aromatic N) is 1. The van der Waals surface area contributed by atoms with E-state index in [9.17, 15) is 9.59 Å². The number of likely N-dealkylation sites (tertiary alicyclic amines) is 1. The van der Waals surface area contributed by atoms with Crippen molar-refractivity contribution in [1.29, 1.82) is 0 Å².